The first kappa shape index (κ1) is 22.6. The van der Waals surface area contributed by atoms with Crippen molar-refractivity contribution in [2.24, 2.45) is 0 Å². The minimum atomic E-state index is -3.75. The van der Waals surface area contributed by atoms with Crippen LogP contribution in [0.4, 0.5) is 0 Å². The van der Waals surface area contributed by atoms with Crippen LogP contribution in [-0.4, -0.2) is 28.9 Å². The summed E-state index contributed by atoms with van der Waals surface area (Å²) in [5.41, 5.74) is 1.08. The lowest BCUT2D eigenvalue weighted by Crippen LogP contribution is -2.30. The topological polar surface area (TPSA) is 76.9 Å². The molecule has 0 spiro atoms. The number of halogens is 1. The van der Waals surface area contributed by atoms with Gasteiger partial charge in [0.2, 0.25) is 10.0 Å². The zero-order valence-corrected chi connectivity index (χ0v) is 18.9. The van der Waals surface area contributed by atoms with E-state index in [0.29, 0.717) is 29.6 Å². The van der Waals surface area contributed by atoms with E-state index in [-0.39, 0.29) is 4.90 Å². The molecule has 6 nitrogen and oxygen atoms in total. The number of nitrogens with zero attached hydrogens (tertiary/aromatic N) is 3. The molecule has 30 heavy (non-hydrogen) atoms. The van der Waals surface area contributed by atoms with Gasteiger partial charge in [0.05, 0.1) is 17.5 Å². The lowest BCUT2D eigenvalue weighted by Gasteiger charge is -2.18. The molecule has 0 aliphatic heterocycles. The number of thioether (sulfide) groups is 1. The van der Waals surface area contributed by atoms with Crippen molar-refractivity contribution >= 4 is 33.4 Å². The molecule has 1 unspecified atom stereocenters. The average Bonchev–Trinajstić information content (AvgIpc) is 3.13. The normalized spacial score (nSPS) is 12.6. The summed E-state index contributed by atoms with van der Waals surface area (Å²) in [6.45, 7) is 6.21. The maximum atomic E-state index is 12.9. The minimum absolute atomic E-state index is 0.153. The van der Waals surface area contributed by atoms with Gasteiger partial charge in [-0.3, -0.25) is 0 Å². The van der Waals surface area contributed by atoms with Gasteiger partial charge in [0.25, 0.3) is 0 Å². The molecule has 0 aliphatic rings. The number of rotatable bonds is 10. The van der Waals surface area contributed by atoms with Gasteiger partial charge in [0.15, 0.2) is 11.0 Å². The van der Waals surface area contributed by atoms with Crippen LogP contribution >= 0.6 is 23.4 Å². The van der Waals surface area contributed by atoms with Gasteiger partial charge in [-0.05, 0) is 36.2 Å². The predicted octanol–water partition coefficient (Wildman–Crippen LogP) is 4.69. The average molecular weight is 463 g/mol. The van der Waals surface area contributed by atoms with E-state index in [9.17, 15) is 8.42 Å². The lowest BCUT2D eigenvalue weighted by atomic mass is 10.2. The molecular formula is C21H23ClN4O2S2. The summed E-state index contributed by atoms with van der Waals surface area (Å²) >= 11 is 7.40. The third-order valence-electron chi connectivity index (χ3n) is 4.40. The third-order valence-corrected chi connectivity index (χ3v) is 7.10. The SMILES string of the molecule is C=CCSc1nnc(C(CC)NS(=O)(=O)c2ccc(Cl)cc2)n1Cc1ccccc1. The van der Waals surface area contributed by atoms with Gasteiger partial charge < -0.3 is 4.57 Å². The van der Waals surface area contributed by atoms with E-state index in [0.717, 1.165) is 10.7 Å². The number of nitrogens with one attached hydrogen (secondary N) is 1. The van der Waals surface area contributed by atoms with Gasteiger partial charge in [-0.25, -0.2) is 13.1 Å². The second-order valence-corrected chi connectivity index (χ2v) is 9.69. The Balaban J connectivity index is 1.94. The predicted molar refractivity (Wildman–Crippen MR) is 121 cm³/mol. The highest BCUT2D eigenvalue weighted by Gasteiger charge is 2.26. The Bertz CT molecular complexity index is 1080. The highest BCUT2D eigenvalue weighted by atomic mass is 35.5. The highest BCUT2D eigenvalue weighted by Crippen LogP contribution is 2.25. The monoisotopic (exact) mass is 462 g/mol. The van der Waals surface area contributed by atoms with Crippen LogP contribution < -0.4 is 4.72 Å². The fourth-order valence-corrected chi connectivity index (χ4v) is 4.98. The van der Waals surface area contributed by atoms with Crippen LogP contribution in [0.25, 0.3) is 0 Å². The van der Waals surface area contributed by atoms with Crippen LogP contribution in [0.2, 0.25) is 5.02 Å². The van der Waals surface area contributed by atoms with Crippen molar-refractivity contribution in [3.05, 3.63) is 83.7 Å². The number of aromatic nitrogens is 3. The molecule has 0 fully saturated rings. The first-order valence-corrected chi connectivity index (χ1v) is 12.3. The van der Waals surface area contributed by atoms with Crippen LogP contribution in [-0.2, 0) is 16.6 Å². The Morgan fingerprint density at radius 2 is 1.87 bits per heavy atom. The first-order valence-electron chi connectivity index (χ1n) is 9.43. The molecule has 1 atom stereocenters. The highest BCUT2D eigenvalue weighted by molar-refractivity contribution is 7.99. The summed E-state index contributed by atoms with van der Waals surface area (Å²) in [4.78, 5) is 0.153. The lowest BCUT2D eigenvalue weighted by molar-refractivity contribution is 0.515. The Hall–Kier alpha value is -2.13. The van der Waals surface area contributed by atoms with Crippen molar-refractivity contribution < 1.29 is 8.42 Å². The van der Waals surface area contributed by atoms with Gasteiger partial charge in [0.1, 0.15) is 0 Å². The summed E-state index contributed by atoms with van der Waals surface area (Å²) in [5.74, 6) is 1.26. The molecule has 0 saturated heterocycles. The fraction of sp³-hybridized carbons (Fsp3) is 0.238. The Morgan fingerprint density at radius 3 is 2.50 bits per heavy atom. The van der Waals surface area contributed by atoms with Crippen molar-refractivity contribution in [1.29, 1.82) is 0 Å². The second kappa shape index (κ2) is 10.3. The van der Waals surface area contributed by atoms with E-state index in [1.807, 2.05) is 41.8 Å². The molecule has 2 aromatic carbocycles. The summed E-state index contributed by atoms with van der Waals surface area (Å²) in [6, 6.07) is 15.5. The standard InChI is InChI=1S/C21H23ClN4O2S2/c1-3-14-29-21-24-23-20(26(21)15-16-8-6-5-7-9-16)19(4-2)25-30(27,28)18-12-10-17(22)11-13-18/h3,5-13,19,25H,1,4,14-15H2,2H3. The third kappa shape index (κ3) is 5.51. The smallest absolute Gasteiger partial charge is 0.241 e. The molecule has 0 aliphatic carbocycles. The van der Waals surface area contributed by atoms with Crippen molar-refractivity contribution in [3.63, 3.8) is 0 Å². The molecular weight excluding hydrogens is 440 g/mol. The van der Waals surface area contributed by atoms with E-state index in [1.54, 1.807) is 18.2 Å². The summed E-state index contributed by atoms with van der Waals surface area (Å²) in [6.07, 6.45) is 2.32. The van der Waals surface area contributed by atoms with E-state index in [2.05, 4.69) is 21.5 Å². The second-order valence-electron chi connectivity index (χ2n) is 6.55. The van der Waals surface area contributed by atoms with Crippen LogP contribution in [0, 0.1) is 0 Å². The van der Waals surface area contributed by atoms with Gasteiger partial charge in [-0.2, -0.15) is 0 Å². The molecule has 1 heterocycles. The number of benzene rings is 2. The van der Waals surface area contributed by atoms with Crippen molar-refractivity contribution in [3.8, 4) is 0 Å². The molecule has 1 N–H and O–H groups in total. The summed E-state index contributed by atoms with van der Waals surface area (Å²) < 4.78 is 30.5. The molecule has 0 amide bonds. The van der Waals surface area contributed by atoms with Gasteiger partial charge in [-0.15, -0.1) is 16.8 Å². The minimum Gasteiger partial charge on any atom is -0.300 e. The number of hydrogen-bond acceptors (Lipinski definition) is 5. The number of sulfonamides is 1. The van der Waals surface area contributed by atoms with Crippen molar-refractivity contribution in [1.82, 2.24) is 19.5 Å². The van der Waals surface area contributed by atoms with Gasteiger partial charge >= 0.3 is 0 Å². The van der Waals surface area contributed by atoms with Crippen LogP contribution in [0.3, 0.4) is 0 Å². The quantitative estimate of drug-likeness (QED) is 0.349. The Kier molecular flexibility index (Phi) is 7.71. The van der Waals surface area contributed by atoms with Gasteiger partial charge in [0, 0.05) is 10.8 Å². The van der Waals surface area contributed by atoms with E-state index < -0.39 is 16.1 Å². The zero-order chi connectivity index (χ0) is 21.6. The maximum absolute atomic E-state index is 12.9. The van der Waals surface area contributed by atoms with Crippen LogP contribution in [0.1, 0.15) is 30.8 Å². The fourth-order valence-electron chi connectivity index (χ4n) is 2.90. The van der Waals surface area contributed by atoms with E-state index in [4.69, 9.17) is 11.6 Å². The molecule has 1 aromatic heterocycles. The summed E-state index contributed by atoms with van der Waals surface area (Å²) in [7, 11) is -3.75. The van der Waals surface area contributed by atoms with Crippen LogP contribution in [0.15, 0.2) is 77.3 Å². The molecule has 3 aromatic rings. The summed E-state index contributed by atoms with van der Waals surface area (Å²) in [5, 5.41) is 9.85. The molecule has 9 heteroatoms. The molecule has 0 bridgehead atoms. The molecule has 0 radical (unpaired) electrons. The van der Waals surface area contributed by atoms with E-state index >= 15 is 0 Å². The molecule has 0 saturated carbocycles. The Morgan fingerprint density at radius 1 is 1.17 bits per heavy atom. The molecule has 158 valence electrons. The number of hydrogen-bond donors (Lipinski definition) is 1. The molecule has 3 rings (SSSR count). The van der Waals surface area contributed by atoms with E-state index in [1.165, 1.54) is 23.9 Å². The maximum Gasteiger partial charge on any atom is 0.241 e. The zero-order valence-electron chi connectivity index (χ0n) is 16.5. The Labute approximate surface area is 186 Å². The van der Waals surface area contributed by atoms with Crippen molar-refractivity contribution in [2.75, 3.05) is 5.75 Å². The van der Waals surface area contributed by atoms with Gasteiger partial charge in [-0.1, -0.05) is 66.7 Å². The van der Waals surface area contributed by atoms with Crippen molar-refractivity contribution in [2.45, 2.75) is 36.0 Å². The largest absolute Gasteiger partial charge is 0.300 e. The van der Waals surface area contributed by atoms with Crippen LogP contribution in [0.5, 0.6) is 0 Å². The first-order chi connectivity index (χ1) is 14.4.